The van der Waals surface area contributed by atoms with Crippen LogP contribution >= 0.6 is 0 Å². The minimum Gasteiger partial charge on any atom is -0.452 e. The number of benzene rings is 2. The molecule has 4 rings (SSSR count). The van der Waals surface area contributed by atoms with Gasteiger partial charge in [-0.2, -0.15) is 0 Å². The van der Waals surface area contributed by atoms with Gasteiger partial charge in [0.15, 0.2) is 5.76 Å². The van der Waals surface area contributed by atoms with Crippen molar-refractivity contribution in [3.63, 3.8) is 0 Å². The van der Waals surface area contributed by atoms with E-state index in [9.17, 15) is 14.0 Å². The molecule has 1 aromatic heterocycles. The van der Waals surface area contributed by atoms with E-state index in [1.807, 2.05) is 0 Å². The van der Waals surface area contributed by atoms with E-state index >= 15 is 0 Å². The van der Waals surface area contributed by atoms with Crippen molar-refractivity contribution in [2.75, 3.05) is 0 Å². The van der Waals surface area contributed by atoms with E-state index in [1.165, 1.54) is 36.4 Å². The Labute approximate surface area is 153 Å². The van der Waals surface area contributed by atoms with E-state index < -0.39 is 11.8 Å². The van der Waals surface area contributed by atoms with Crippen LogP contribution in [0.4, 0.5) is 4.39 Å². The first kappa shape index (κ1) is 16.7. The predicted molar refractivity (Wildman–Crippen MR) is 95.0 cm³/mol. The maximum atomic E-state index is 13.2. The minimum atomic E-state index is -0.706. The summed E-state index contributed by atoms with van der Waals surface area (Å²) in [6.07, 6.45) is 3.16. The number of allylic oxidation sites excluding steroid dienone is 1. The zero-order valence-corrected chi connectivity index (χ0v) is 13.9. The fourth-order valence-corrected chi connectivity index (χ4v) is 2.61. The third-order valence-electron chi connectivity index (χ3n) is 3.88. The molecule has 0 amide bonds. The Bertz CT molecular complexity index is 1080. The highest BCUT2D eigenvalue weighted by Gasteiger charge is 2.28. The van der Waals surface area contributed by atoms with Gasteiger partial charge in [0.05, 0.1) is 16.8 Å². The van der Waals surface area contributed by atoms with Crippen molar-refractivity contribution in [1.29, 1.82) is 0 Å². The number of carbonyl (C=O) groups excluding carboxylic acids is 2. The molecule has 132 valence electrons. The summed E-state index contributed by atoms with van der Waals surface area (Å²) in [4.78, 5) is 28.7. The first-order valence-corrected chi connectivity index (χ1v) is 8.07. The maximum Gasteiger partial charge on any atom is 0.343 e. The lowest BCUT2D eigenvalue weighted by molar-refractivity contribution is 0.0734. The number of rotatable bonds is 3. The molecule has 6 heteroatoms. The van der Waals surface area contributed by atoms with Crippen LogP contribution in [0.3, 0.4) is 0 Å². The van der Waals surface area contributed by atoms with E-state index in [4.69, 9.17) is 9.47 Å². The molecule has 0 saturated heterocycles. The van der Waals surface area contributed by atoms with Gasteiger partial charge in [-0.3, -0.25) is 9.78 Å². The van der Waals surface area contributed by atoms with Gasteiger partial charge >= 0.3 is 5.97 Å². The molecule has 5 nitrogen and oxygen atoms in total. The lowest BCUT2D eigenvalue weighted by Crippen LogP contribution is -2.08. The van der Waals surface area contributed by atoms with E-state index in [0.29, 0.717) is 11.3 Å². The molecular weight excluding hydrogens is 349 g/mol. The number of hydrogen-bond acceptors (Lipinski definition) is 5. The van der Waals surface area contributed by atoms with Crippen LogP contribution in [0.15, 0.2) is 72.6 Å². The monoisotopic (exact) mass is 361 g/mol. The molecule has 0 bridgehead atoms. The number of Topliss-reactive ketones (excluding diaryl/α,β-unsaturated/α-hetero) is 1. The second-order valence-corrected chi connectivity index (χ2v) is 5.75. The van der Waals surface area contributed by atoms with Gasteiger partial charge in [-0.05, 0) is 42.5 Å². The average molecular weight is 361 g/mol. The van der Waals surface area contributed by atoms with Gasteiger partial charge in [-0.1, -0.05) is 12.1 Å². The molecule has 3 aromatic rings. The third-order valence-corrected chi connectivity index (χ3v) is 3.88. The van der Waals surface area contributed by atoms with Gasteiger partial charge in [0, 0.05) is 18.3 Å². The quantitative estimate of drug-likeness (QED) is 0.400. The molecule has 0 aliphatic carbocycles. The number of fused-ring (bicyclic) bond motifs is 1. The summed E-state index contributed by atoms with van der Waals surface area (Å²) in [6, 6.07) is 15.0. The molecule has 0 spiro atoms. The van der Waals surface area contributed by atoms with E-state index in [2.05, 4.69) is 4.98 Å². The normalized spacial score (nSPS) is 14.0. The van der Waals surface area contributed by atoms with Gasteiger partial charge in [0.2, 0.25) is 5.78 Å². The fraction of sp³-hybridized carbons (Fsp3) is 0. The third kappa shape index (κ3) is 3.46. The Morgan fingerprint density at radius 3 is 2.74 bits per heavy atom. The van der Waals surface area contributed by atoms with Gasteiger partial charge in [0.25, 0.3) is 0 Å². The average Bonchev–Trinajstić information content (AvgIpc) is 2.97. The van der Waals surface area contributed by atoms with Crippen LogP contribution in [0.2, 0.25) is 0 Å². The van der Waals surface area contributed by atoms with E-state index in [-0.39, 0.29) is 28.6 Å². The maximum absolute atomic E-state index is 13.2. The van der Waals surface area contributed by atoms with Crippen LogP contribution in [-0.4, -0.2) is 16.7 Å². The Morgan fingerprint density at radius 2 is 1.96 bits per heavy atom. The van der Waals surface area contributed by atoms with Crippen molar-refractivity contribution in [1.82, 2.24) is 4.98 Å². The van der Waals surface area contributed by atoms with Crippen LogP contribution < -0.4 is 9.47 Å². The SMILES string of the molecule is O=C(Oc1ccc2c(c1)O/C(=C\c1ccccn1)C2=O)c1cccc(F)c1. The van der Waals surface area contributed by atoms with Crippen molar-refractivity contribution >= 4 is 17.8 Å². The molecule has 1 aliphatic rings. The molecule has 0 radical (unpaired) electrons. The van der Waals surface area contributed by atoms with Gasteiger partial charge in [-0.15, -0.1) is 0 Å². The van der Waals surface area contributed by atoms with Crippen LogP contribution in [0.1, 0.15) is 26.4 Å². The summed E-state index contributed by atoms with van der Waals surface area (Å²) >= 11 is 0. The number of nitrogens with zero attached hydrogens (tertiary/aromatic N) is 1. The number of ketones is 1. The van der Waals surface area contributed by atoms with Crippen molar-refractivity contribution in [2.24, 2.45) is 0 Å². The van der Waals surface area contributed by atoms with E-state index in [1.54, 1.807) is 30.5 Å². The van der Waals surface area contributed by atoms with Crippen LogP contribution in [0, 0.1) is 5.82 Å². The second kappa shape index (κ2) is 6.84. The predicted octanol–water partition coefficient (Wildman–Crippen LogP) is 4.06. The van der Waals surface area contributed by atoms with Crippen LogP contribution in [0.25, 0.3) is 6.08 Å². The summed E-state index contributed by atoms with van der Waals surface area (Å²) in [5.74, 6) is -0.905. The molecule has 0 fully saturated rings. The molecule has 1 aliphatic heterocycles. The number of aromatic nitrogens is 1. The fourth-order valence-electron chi connectivity index (χ4n) is 2.61. The Hall–Kier alpha value is -3.80. The molecule has 0 saturated carbocycles. The highest BCUT2D eigenvalue weighted by Crippen LogP contribution is 2.35. The Kier molecular flexibility index (Phi) is 4.22. The standard InChI is InChI=1S/C21H12FNO4/c22-14-5-3-4-13(10-14)21(25)26-16-7-8-17-18(12-16)27-19(20(17)24)11-15-6-1-2-9-23-15/h1-12H/b19-11-. The van der Waals surface area contributed by atoms with Gasteiger partial charge in [-0.25, -0.2) is 9.18 Å². The highest BCUT2D eigenvalue weighted by atomic mass is 19.1. The number of ether oxygens (including phenoxy) is 2. The van der Waals surface area contributed by atoms with Crippen molar-refractivity contribution in [3.8, 4) is 11.5 Å². The molecule has 2 heterocycles. The summed E-state index contributed by atoms with van der Waals surface area (Å²) in [5.41, 5.74) is 1.04. The highest BCUT2D eigenvalue weighted by molar-refractivity contribution is 6.14. The Balaban J connectivity index is 1.56. The first-order valence-electron chi connectivity index (χ1n) is 8.07. The second-order valence-electron chi connectivity index (χ2n) is 5.75. The molecule has 2 aromatic carbocycles. The zero-order valence-electron chi connectivity index (χ0n) is 13.9. The summed E-state index contributed by atoms with van der Waals surface area (Å²) in [6.45, 7) is 0. The van der Waals surface area contributed by atoms with Gasteiger partial charge < -0.3 is 9.47 Å². The minimum absolute atomic E-state index is 0.0863. The van der Waals surface area contributed by atoms with Crippen molar-refractivity contribution < 1.29 is 23.5 Å². The number of carbonyl (C=O) groups is 2. The number of pyridine rings is 1. The van der Waals surface area contributed by atoms with E-state index in [0.717, 1.165) is 6.07 Å². The van der Waals surface area contributed by atoms with Crippen molar-refractivity contribution in [2.45, 2.75) is 0 Å². The molecular formula is C21H12FNO4. The smallest absolute Gasteiger partial charge is 0.343 e. The largest absolute Gasteiger partial charge is 0.452 e. The number of hydrogen-bond donors (Lipinski definition) is 0. The molecule has 0 N–H and O–H groups in total. The Morgan fingerprint density at radius 1 is 1.07 bits per heavy atom. The first-order chi connectivity index (χ1) is 13.1. The summed E-state index contributed by atoms with van der Waals surface area (Å²) in [7, 11) is 0. The van der Waals surface area contributed by atoms with Crippen molar-refractivity contribution in [3.05, 3.63) is 95.3 Å². The topological polar surface area (TPSA) is 65.5 Å². The summed E-state index contributed by atoms with van der Waals surface area (Å²) in [5, 5.41) is 0. The number of esters is 1. The van der Waals surface area contributed by atoms with Crippen LogP contribution in [0.5, 0.6) is 11.5 Å². The van der Waals surface area contributed by atoms with Crippen LogP contribution in [-0.2, 0) is 0 Å². The number of halogens is 1. The lowest BCUT2D eigenvalue weighted by atomic mass is 10.1. The molecule has 0 unspecified atom stereocenters. The zero-order chi connectivity index (χ0) is 18.8. The summed E-state index contributed by atoms with van der Waals surface area (Å²) < 4.78 is 24.1. The molecule has 0 atom stereocenters. The molecule has 27 heavy (non-hydrogen) atoms. The lowest BCUT2D eigenvalue weighted by Gasteiger charge is -2.05. The van der Waals surface area contributed by atoms with Gasteiger partial charge in [0.1, 0.15) is 17.3 Å².